The second kappa shape index (κ2) is 6.32. The number of nitriles is 1. The van der Waals surface area contributed by atoms with Gasteiger partial charge in [0.25, 0.3) is 0 Å². The maximum Gasteiger partial charge on any atom is 0.244 e. The molecule has 0 fully saturated rings. The summed E-state index contributed by atoms with van der Waals surface area (Å²) in [5.41, 5.74) is 9.59. The van der Waals surface area contributed by atoms with Crippen molar-refractivity contribution in [1.29, 1.82) is 5.26 Å². The average molecular weight is 437 g/mol. The van der Waals surface area contributed by atoms with Crippen LogP contribution in [0.1, 0.15) is 17.0 Å². The van der Waals surface area contributed by atoms with Crippen molar-refractivity contribution in [2.24, 2.45) is 5.73 Å². The van der Waals surface area contributed by atoms with E-state index in [9.17, 15) is 5.26 Å². The first kappa shape index (κ1) is 16.7. The lowest BCUT2D eigenvalue weighted by molar-refractivity contribution is 0.174. The zero-order valence-electron chi connectivity index (χ0n) is 14.4. The molecule has 1 unspecified atom stereocenters. The molecule has 8 heteroatoms. The predicted molar refractivity (Wildman–Crippen MR) is 104 cm³/mol. The van der Waals surface area contributed by atoms with Crippen LogP contribution >= 0.6 is 15.9 Å². The van der Waals surface area contributed by atoms with Crippen molar-refractivity contribution in [2.75, 3.05) is 6.79 Å². The SMILES string of the molecule is N#CC1=C(N)Oc2n[nH]c(-c3ccc4c(c3)OCO4)c2C1c1ccccc1Br. The average Bonchev–Trinajstić information content (AvgIpc) is 3.33. The van der Waals surface area contributed by atoms with Crippen molar-refractivity contribution >= 4 is 15.9 Å². The summed E-state index contributed by atoms with van der Waals surface area (Å²) in [4.78, 5) is 0. The highest BCUT2D eigenvalue weighted by molar-refractivity contribution is 9.10. The number of fused-ring (bicyclic) bond motifs is 2. The molecule has 0 spiro atoms. The molecule has 3 N–H and O–H groups in total. The number of aromatic amines is 1. The highest BCUT2D eigenvalue weighted by atomic mass is 79.9. The molecule has 0 bridgehead atoms. The van der Waals surface area contributed by atoms with Gasteiger partial charge in [-0.1, -0.05) is 34.1 Å². The van der Waals surface area contributed by atoms with Crippen molar-refractivity contribution < 1.29 is 14.2 Å². The van der Waals surface area contributed by atoms with Crippen molar-refractivity contribution in [3.8, 4) is 34.7 Å². The van der Waals surface area contributed by atoms with E-state index < -0.39 is 5.92 Å². The van der Waals surface area contributed by atoms with E-state index >= 15 is 0 Å². The summed E-state index contributed by atoms with van der Waals surface area (Å²) < 4.78 is 17.4. The van der Waals surface area contributed by atoms with E-state index in [-0.39, 0.29) is 12.7 Å². The highest BCUT2D eigenvalue weighted by Crippen LogP contribution is 2.48. The van der Waals surface area contributed by atoms with Crippen LogP contribution in [0, 0.1) is 11.3 Å². The Morgan fingerprint density at radius 1 is 1.18 bits per heavy atom. The topological polar surface area (TPSA) is 106 Å². The van der Waals surface area contributed by atoms with Crippen LogP contribution in [0.5, 0.6) is 17.4 Å². The first-order valence-corrected chi connectivity index (χ1v) is 9.27. The largest absolute Gasteiger partial charge is 0.454 e. The molecule has 2 aliphatic rings. The third-order valence-corrected chi connectivity index (χ3v) is 5.54. The summed E-state index contributed by atoms with van der Waals surface area (Å²) in [6.45, 7) is 0.195. The van der Waals surface area contributed by atoms with Gasteiger partial charge >= 0.3 is 0 Å². The molecule has 0 saturated heterocycles. The number of allylic oxidation sites excluding steroid dienone is 1. The first-order chi connectivity index (χ1) is 13.7. The molecule has 0 amide bonds. The molecule has 2 aromatic carbocycles. The Balaban J connectivity index is 1.73. The van der Waals surface area contributed by atoms with Crippen molar-refractivity contribution in [3.05, 3.63) is 69.5 Å². The van der Waals surface area contributed by atoms with Gasteiger partial charge < -0.3 is 19.9 Å². The minimum atomic E-state index is -0.427. The fraction of sp³-hybridized carbons (Fsp3) is 0.100. The Morgan fingerprint density at radius 3 is 2.82 bits per heavy atom. The van der Waals surface area contributed by atoms with E-state index in [4.69, 9.17) is 19.9 Å². The van der Waals surface area contributed by atoms with Gasteiger partial charge in [0.1, 0.15) is 11.6 Å². The summed E-state index contributed by atoms with van der Waals surface area (Å²) in [5.74, 6) is 1.33. The Kier molecular flexibility index (Phi) is 3.77. The number of nitrogens with zero attached hydrogens (tertiary/aromatic N) is 2. The molecule has 3 aromatic rings. The second-order valence-electron chi connectivity index (χ2n) is 6.33. The lowest BCUT2D eigenvalue weighted by Crippen LogP contribution is -2.21. The number of benzene rings is 2. The number of rotatable bonds is 2. The lowest BCUT2D eigenvalue weighted by Gasteiger charge is -2.24. The number of hydrogen-bond acceptors (Lipinski definition) is 6. The van der Waals surface area contributed by atoms with Gasteiger partial charge in [-0.15, -0.1) is 5.10 Å². The third kappa shape index (κ3) is 2.44. The Labute approximate surface area is 168 Å². The first-order valence-electron chi connectivity index (χ1n) is 8.47. The van der Waals surface area contributed by atoms with Gasteiger partial charge in [0.05, 0.1) is 17.2 Å². The Bertz CT molecular complexity index is 1180. The van der Waals surface area contributed by atoms with Crippen LogP contribution in [0.15, 0.2) is 58.4 Å². The molecule has 1 aromatic heterocycles. The van der Waals surface area contributed by atoms with Gasteiger partial charge in [0, 0.05) is 10.0 Å². The fourth-order valence-electron chi connectivity index (χ4n) is 3.54. The Morgan fingerprint density at radius 2 is 2.00 bits per heavy atom. The zero-order valence-corrected chi connectivity index (χ0v) is 16.0. The summed E-state index contributed by atoms with van der Waals surface area (Å²) in [7, 11) is 0. The van der Waals surface area contributed by atoms with Gasteiger partial charge in [-0.2, -0.15) is 5.26 Å². The van der Waals surface area contributed by atoms with Gasteiger partial charge in [0.2, 0.25) is 18.6 Å². The smallest absolute Gasteiger partial charge is 0.244 e. The van der Waals surface area contributed by atoms with E-state index in [1.54, 1.807) is 0 Å². The van der Waals surface area contributed by atoms with Crippen LogP contribution < -0.4 is 19.9 Å². The molecule has 3 heterocycles. The predicted octanol–water partition coefficient (Wildman–Crippen LogP) is 3.79. The molecular weight excluding hydrogens is 424 g/mol. The summed E-state index contributed by atoms with van der Waals surface area (Å²) in [5, 5.41) is 17.1. The van der Waals surface area contributed by atoms with Crippen LogP contribution in [-0.2, 0) is 0 Å². The van der Waals surface area contributed by atoms with Crippen LogP contribution in [0.25, 0.3) is 11.3 Å². The number of H-pyrrole nitrogens is 1. The number of nitrogens with two attached hydrogens (primary N) is 1. The monoisotopic (exact) mass is 436 g/mol. The zero-order chi connectivity index (χ0) is 19.3. The lowest BCUT2D eigenvalue weighted by atomic mass is 9.83. The number of aromatic nitrogens is 2. The Hall–Kier alpha value is -3.44. The standard InChI is InChI=1S/C20H13BrN4O3/c21-13-4-2-1-3-11(13)16-12(8-22)19(23)28-20-17(16)18(24-25-20)10-5-6-14-15(7-10)27-9-26-14/h1-7,16H,9,23H2,(H,24,25). The quantitative estimate of drug-likeness (QED) is 0.632. The molecule has 7 nitrogen and oxygen atoms in total. The molecule has 2 aliphatic heterocycles. The molecular formula is C20H13BrN4O3. The minimum Gasteiger partial charge on any atom is -0.454 e. The van der Waals surface area contributed by atoms with Crippen LogP contribution in [0.3, 0.4) is 0 Å². The van der Waals surface area contributed by atoms with E-state index in [1.807, 2.05) is 42.5 Å². The molecule has 138 valence electrons. The molecule has 0 radical (unpaired) electrons. The highest BCUT2D eigenvalue weighted by Gasteiger charge is 2.36. The van der Waals surface area contributed by atoms with Crippen LogP contribution in [0.2, 0.25) is 0 Å². The van der Waals surface area contributed by atoms with E-state index in [2.05, 4.69) is 32.2 Å². The van der Waals surface area contributed by atoms with Gasteiger partial charge in [-0.05, 0) is 29.8 Å². The third-order valence-electron chi connectivity index (χ3n) is 4.82. The minimum absolute atomic E-state index is 0.0551. The number of nitrogens with one attached hydrogen (secondary N) is 1. The number of ether oxygens (including phenoxy) is 3. The molecule has 5 rings (SSSR count). The summed E-state index contributed by atoms with van der Waals surface area (Å²) in [6, 6.07) is 15.5. The van der Waals surface area contributed by atoms with E-state index in [0.717, 1.165) is 26.9 Å². The fourth-order valence-corrected chi connectivity index (χ4v) is 4.05. The maximum atomic E-state index is 9.79. The van der Waals surface area contributed by atoms with Crippen LogP contribution in [0.4, 0.5) is 0 Å². The van der Waals surface area contributed by atoms with Crippen molar-refractivity contribution in [3.63, 3.8) is 0 Å². The van der Waals surface area contributed by atoms with Crippen LogP contribution in [-0.4, -0.2) is 17.0 Å². The van der Waals surface area contributed by atoms with Gasteiger partial charge in [-0.25, -0.2) is 0 Å². The summed E-state index contributed by atoms with van der Waals surface area (Å²) in [6.07, 6.45) is 0. The second-order valence-corrected chi connectivity index (χ2v) is 7.19. The van der Waals surface area contributed by atoms with E-state index in [1.165, 1.54) is 0 Å². The summed E-state index contributed by atoms with van der Waals surface area (Å²) >= 11 is 3.59. The molecule has 0 aliphatic carbocycles. The van der Waals surface area contributed by atoms with E-state index in [0.29, 0.717) is 23.0 Å². The maximum absolute atomic E-state index is 9.79. The number of halogens is 1. The van der Waals surface area contributed by atoms with Gasteiger partial charge in [-0.3, -0.25) is 5.10 Å². The normalized spacial score (nSPS) is 17.1. The number of hydrogen-bond donors (Lipinski definition) is 2. The van der Waals surface area contributed by atoms with Gasteiger partial charge in [0.15, 0.2) is 11.5 Å². The van der Waals surface area contributed by atoms with Crippen molar-refractivity contribution in [2.45, 2.75) is 5.92 Å². The van der Waals surface area contributed by atoms with Crippen molar-refractivity contribution in [1.82, 2.24) is 10.2 Å². The molecule has 1 atom stereocenters. The molecule has 0 saturated carbocycles. The molecule has 28 heavy (non-hydrogen) atoms.